The number of piperidine rings is 1. The van der Waals surface area contributed by atoms with E-state index in [4.69, 9.17) is 4.74 Å². The molecular formula is C23H26N2O3. The molecule has 146 valence electrons. The molecule has 5 nitrogen and oxygen atoms in total. The molecule has 2 aromatic rings. The second kappa shape index (κ2) is 7.66. The average molecular weight is 378 g/mol. The number of ether oxygens (including phenoxy) is 1. The van der Waals surface area contributed by atoms with Crippen LogP contribution in [-0.4, -0.2) is 30.4 Å². The largest absolute Gasteiger partial charge is 0.497 e. The van der Waals surface area contributed by atoms with Crippen molar-refractivity contribution in [3.63, 3.8) is 0 Å². The van der Waals surface area contributed by atoms with E-state index in [9.17, 15) is 9.59 Å². The molecule has 1 heterocycles. The standard InChI is InChI=1S/C23H26N2O3/c1-28-20-9-5-6-17(14-20)15-25-16-18(10-11-21(25)26)22(27)24-23(12-13-23)19-7-3-2-4-8-19/h2-9,14,18H,10-13,15-16H2,1H3,(H,24,27)/t18-/m1/s1. The molecule has 0 aromatic heterocycles. The fourth-order valence-corrected chi connectivity index (χ4v) is 3.98. The van der Waals surface area contributed by atoms with Crippen LogP contribution in [0.25, 0.3) is 0 Å². The number of benzene rings is 2. The number of carbonyl (C=O) groups is 2. The summed E-state index contributed by atoms with van der Waals surface area (Å²) < 4.78 is 5.27. The van der Waals surface area contributed by atoms with E-state index >= 15 is 0 Å². The maximum absolute atomic E-state index is 13.0. The third-order valence-corrected chi connectivity index (χ3v) is 5.82. The van der Waals surface area contributed by atoms with E-state index in [0.717, 1.165) is 24.2 Å². The molecule has 1 atom stereocenters. The Morgan fingerprint density at radius 3 is 2.68 bits per heavy atom. The highest BCUT2D eigenvalue weighted by atomic mass is 16.5. The Labute approximate surface area is 165 Å². The van der Waals surface area contributed by atoms with Crippen molar-refractivity contribution in [1.82, 2.24) is 10.2 Å². The highest BCUT2D eigenvalue weighted by Crippen LogP contribution is 2.45. The molecule has 2 aliphatic rings. The second-order valence-corrected chi connectivity index (χ2v) is 7.80. The van der Waals surface area contributed by atoms with Crippen molar-refractivity contribution in [1.29, 1.82) is 0 Å². The van der Waals surface area contributed by atoms with Crippen LogP contribution >= 0.6 is 0 Å². The Morgan fingerprint density at radius 1 is 1.18 bits per heavy atom. The van der Waals surface area contributed by atoms with E-state index < -0.39 is 0 Å². The zero-order valence-corrected chi connectivity index (χ0v) is 16.2. The number of hydrogen-bond acceptors (Lipinski definition) is 3. The SMILES string of the molecule is COc1cccc(CN2C[C@H](C(=O)NC3(c4ccccc4)CC3)CCC2=O)c1. The van der Waals surface area contributed by atoms with Crippen molar-refractivity contribution >= 4 is 11.8 Å². The molecule has 0 spiro atoms. The van der Waals surface area contributed by atoms with Crippen LogP contribution in [0.2, 0.25) is 0 Å². The van der Waals surface area contributed by atoms with Crippen LogP contribution in [-0.2, 0) is 21.7 Å². The Bertz CT molecular complexity index is 861. The van der Waals surface area contributed by atoms with E-state index in [2.05, 4.69) is 17.4 Å². The Hall–Kier alpha value is -2.82. The first-order chi connectivity index (χ1) is 13.6. The fraction of sp³-hybridized carbons (Fsp3) is 0.391. The molecule has 1 N–H and O–H groups in total. The lowest BCUT2D eigenvalue weighted by atomic mass is 9.94. The van der Waals surface area contributed by atoms with Gasteiger partial charge in [-0.05, 0) is 42.5 Å². The van der Waals surface area contributed by atoms with Gasteiger partial charge in [0.15, 0.2) is 0 Å². The lowest BCUT2D eigenvalue weighted by molar-refractivity contribution is -0.139. The molecule has 4 rings (SSSR count). The van der Waals surface area contributed by atoms with E-state index in [1.165, 1.54) is 5.56 Å². The summed E-state index contributed by atoms with van der Waals surface area (Å²) in [7, 11) is 1.63. The topological polar surface area (TPSA) is 58.6 Å². The summed E-state index contributed by atoms with van der Waals surface area (Å²) >= 11 is 0. The summed E-state index contributed by atoms with van der Waals surface area (Å²) in [6, 6.07) is 17.9. The quantitative estimate of drug-likeness (QED) is 0.840. The van der Waals surface area contributed by atoms with Gasteiger partial charge in [0.1, 0.15) is 5.75 Å². The molecule has 1 saturated carbocycles. The second-order valence-electron chi connectivity index (χ2n) is 7.80. The number of rotatable bonds is 6. The lowest BCUT2D eigenvalue weighted by Crippen LogP contribution is -2.47. The maximum Gasteiger partial charge on any atom is 0.225 e. The molecule has 2 amide bonds. The van der Waals surface area contributed by atoms with E-state index in [-0.39, 0.29) is 23.3 Å². The molecule has 28 heavy (non-hydrogen) atoms. The van der Waals surface area contributed by atoms with Crippen LogP contribution < -0.4 is 10.1 Å². The molecule has 0 radical (unpaired) electrons. The van der Waals surface area contributed by atoms with Gasteiger partial charge < -0.3 is 15.0 Å². The summed E-state index contributed by atoms with van der Waals surface area (Å²) in [5, 5.41) is 3.27. The van der Waals surface area contributed by atoms with Crippen LogP contribution in [0.15, 0.2) is 54.6 Å². The molecular weight excluding hydrogens is 352 g/mol. The monoisotopic (exact) mass is 378 g/mol. The molecule has 2 fully saturated rings. The number of hydrogen-bond donors (Lipinski definition) is 1. The van der Waals surface area contributed by atoms with Gasteiger partial charge >= 0.3 is 0 Å². The number of nitrogens with one attached hydrogen (secondary N) is 1. The summed E-state index contributed by atoms with van der Waals surface area (Å²) in [5.41, 5.74) is 1.97. The molecule has 1 aliphatic carbocycles. The molecule has 5 heteroatoms. The van der Waals surface area contributed by atoms with Gasteiger partial charge in [0, 0.05) is 19.5 Å². The lowest BCUT2D eigenvalue weighted by Gasteiger charge is -2.33. The minimum atomic E-state index is -0.211. The van der Waals surface area contributed by atoms with Crippen LogP contribution in [0.1, 0.15) is 36.8 Å². The summed E-state index contributed by atoms with van der Waals surface area (Å²) in [5.74, 6) is 0.778. The molecule has 2 aromatic carbocycles. The third kappa shape index (κ3) is 3.88. The zero-order chi connectivity index (χ0) is 19.6. The average Bonchev–Trinajstić information content (AvgIpc) is 3.51. The highest BCUT2D eigenvalue weighted by Gasteiger charge is 2.46. The number of carbonyl (C=O) groups excluding carboxylic acids is 2. The molecule has 0 unspecified atom stereocenters. The van der Waals surface area contributed by atoms with Gasteiger partial charge in [-0.25, -0.2) is 0 Å². The first kappa shape index (κ1) is 18.5. The first-order valence-corrected chi connectivity index (χ1v) is 9.88. The van der Waals surface area contributed by atoms with Gasteiger partial charge in [0.2, 0.25) is 11.8 Å². The smallest absolute Gasteiger partial charge is 0.225 e. The van der Waals surface area contributed by atoms with Crippen molar-refractivity contribution in [2.75, 3.05) is 13.7 Å². The van der Waals surface area contributed by atoms with Gasteiger partial charge in [-0.15, -0.1) is 0 Å². The van der Waals surface area contributed by atoms with Gasteiger partial charge in [0.05, 0.1) is 18.6 Å². The predicted octanol–water partition coefficient (Wildman–Crippen LogP) is 3.24. The van der Waals surface area contributed by atoms with Gasteiger partial charge in [-0.1, -0.05) is 42.5 Å². The van der Waals surface area contributed by atoms with Crippen molar-refractivity contribution < 1.29 is 14.3 Å². The number of methoxy groups -OCH3 is 1. The summed E-state index contributed by atoms with van der Waals surface area (Å²) in [6.07, 6.45) is 2.98. The van der Waals surface area contributed by atoms with Gasteiger partial charge in [0.25, 0.3) is 0 Å². The summed E-state index contributed by atoms with van der Waals surface area (Å²) in [6.45, 7) is 0.969. The summed E-state index contributed by atoms with van der Waals surface area (Å²) in [4.78, 5) is 27.2. The van der Waals surface area contributed by atoms with Crippen LogP contribution in [0.4, 0.5) is 0 Å². The Morgan fingerprint density at radius 2 is 1.96 bits per heavy atom. The van der Waals surface area contributed by atoms with Gasteiger partial charge in [-0.2, -0.15) is 0 Å². The van der Waals surface area contributed by atoms with E-state index in [1.54, 1.807) is 12.0 Å². The van der Waals surface area contributed by atoms with E-state index in [0.29, 0.717) is 25.9 Å². The Balaban J connectivity index is 1.41. The normalized spacial score (nSPS) is 20.5. The number of amides is 2. The van der Waals surface area contributed by atoms with Crippen molar-refractivity contribution in [3.8, 4) is 5.75 Å². The van der Waals surface area contributed by atoms with Crippen molar-refractivity contribution in [2.45, 2.75) is 37.8 Å². The maximum atomic E-state index is 13.0. The van der Waals surface area contributed by atoms with Crippen molar-refractivity contribution in [3.05, 3.63) is 65.7 Å². The van der Waals surface area contributed by atoms with Crippen molar-refractivity contribution in [2.24, 2.45) is 5.92 Å². The third-order valence-electron chi connectivity index (χ3n) is 5.82. The minimum absolute atomic E-state index is 0.0597. The predicted molar refractivity (Wildman–Crippen MR) is 107 cm³/mol. The van der Waals surface area contributed by atoms with Crippen LogP contribution in [0.3, 0.4) is 0 Å². The number of likely N-dealkylation sites (tertiary alicyclic amines) is 1. The Kier molecular flexibility index (Phi) is 5.07. The first-order valence-electron chi connectivity index (χ1n) is 9.88. The van der Waals surface area contributed by atoms with Crippen LogP contribution in [0.5, 0.6) is 5.75 Å². The number of nitrogens with zero attached hydrogens (tertiary/aromatic N) is 1. The minimum Gasteiger partial charge on any atom is -0.497 e. The zero-order valence-electron chi connectivity index (χ0n) is 16.2. The highest BCUT2D eigenvalue weighted by molar-refractivity contribution is 5.84. The molecule has 1 saturated heterocycles. The molecule has 1 aliphatic heterocycles. The molecule has 0 bridgehead atoms. The van der Waals surface area contributed by atoms with Crippen LogP contribution in [0, 0.1) is 5.92 Å². The van der Waals surface area contributed by atoms with E-state index in [1.807, 2.05) is 42.5 Å². The van der Waals surface area contributed by atoms with Gasteiger partial charge in [-0.3, -0.25) is 9.59 Å². The fourth-order valence-electron chi connectivity index (χ4n) is 3.98.